The molecule has 4 rings (SSSR count). The molecule has 1 amide bonds. The average molecular weight is 657 g/mol. The lowest BCUT2D eigenvalue weighted by Crippen LogP contribution is -2.43. The van der Waals surface area contributed by atoms with E-state index in [1.807, 2.05) is 26.8 Å². The number of methoxy groups -OCH3 is 2. The van der Waals surface area contributed by atoms with Crippen molar-refractivity contribution in [1.29, 1.82) is 0 Å². The zero-order chi connectivity index (χ0) is 34.0. The number of benzene rings is 2. The van der Waals surface area contributed by atoms with Crippen LogP contribution >= 0.6 is 0 Å². The first-order chi connectivity index (χ1) is 21.5. The van der Waals surface area contributed by atoms with Crippen LogP contribution in [0.5, 0.6) is 11.5 Å². The molecule has 0 bridgehead atoms. The maximum Gasteiger partial charge on any atom is 0.410 e. The minimum atomic E-state index is -2.09. The quantitative estimate of drug-likeness (QED) is 0.222. The van der Waals surface area contributed by atoms with Crippen molar-refractivity contribution in [1.82, 2.24) is 14.5 Å². The molecule has 10 nitrogen and oxygen atoms in total. The summed E-state index contributed by atoms with van der Waals surface area (Å²) in [5.74, 6) is -0.0608. The van der Waals surface area contributed by atoms with E-state index in [1.165, 1.54) is 20.3 Å². The summed E-state index contributed by atoms with van der Waals surface area (Å²) in [6.45, 7) is 18.0. The molecule has 2 aromatic carbocycles. The molecule has 46 heavy (non-hydrogen) atoms. The Morgan fingerprint density at radius 2 is 1.72 bits per heavy atom. The number of piperidine rings is 1. The molecule has 0 spiro atoms. The predicted octanol–water partition coefficient (Wildman–Crippen LogP) is 7.28. The van der Waals surface area contributed by atoms with Crippen LogP contribution in [0.1, 0.15) is 60.4 Å². The summed E-state index contributed by atoms with van der Waals surface area (Å²) in [6.07, 6.45) is 2.42. The molecular formula is C34H49FN4O6Si. The van der Waals surface area contributed by atoms with Gasteiger partial charge >= 0.3 is 6.09 Å². The molecule has 1 aliphatic rings. The van der Waals surface area contributed by atoms with E-state index in [2.05, 4.69) is 38.8 Å². The lowest BCUT2D eigenvalue weighted by Gasteiger charge is -2.37. The third kappa shape index (κ3) is 7.83. The number of halogens is 1. The van der Waals surface area contributed by atoms with Gasteiger partial charge in [-0.25, -0.2) is 14.2 Å². The number of ether oxygens (including phenoxy) is 3. The van der Waals surface area contributed by atoms with E-state index in [9.17, 15) is 9.59 Å². The normalized spacial score (nSPS) is 14.8. The van der Waals surface area contributed by atoms with Gasteiger partial charge in [0, 0.05) is 43.5 Å². The second kappa shape index (κ2) is 13.6. The summed E-state index contributed by atoms with van der Waals surface area (Å²) in [7, 11) is 0.837. The van der Waals surface area contributed by atoms with Crippen molar-refractivity contribution in [2.24, 2.45) is 0 Å². The van der Waals surface area contributed by atoms with Crippen molar-refractivity contribution in [3.63, 3.8) is 0 Å². The average Bonchev–Trinajstić information content (AvgIpc) is 2.98. The Hall–Kier alpha value is -3.64. The summed E-state index contributed by atoms with van der Waals surface area (Å²) in [6, 6.07) is 8.36. The van der Waals surface area contributed by atoms with Crippen LogP contribution < -0.4 is 19.9 Å². The monoisotopic (exact) mass is 656 g/mol. The van der Waals surface area contributed by atoms with Gasteiger partial charge in [-0.2, -0.15) is 0 Å². The van der Waals surface area contributed by atoms with Gasteiger partial charge in [0.2, 0.25) is 0 Å². The Labute approximate surface area is 272 Å². The fraction of sp³-hybridized carbons (Fsp3) is 0.559. The van der Waals surface area contributed by atoms with E-state index in [0.717, 1.165) is 0 Å². The SMILES string of the molecule is COc1cc(OC)c(F)c(N(CCO[Si](C)(C)C(C)(C)C)c2ccc3ncn(C4CCN(C(=O)OC(C)(C)C)CC4)c(=O)c3c2)c1. The van der Waals surface area contributed by atoms with Gasteiger partial charge in [-0.05, 0) is 69.9 Å². The summed E-state index contributed by atoms with van der Waals surface area (Å²) in [4.78, 5) is 34.6. The van der Waals surface area contributed by atoms with Crippen LogP contribution in [0.2, 0.25) is 18.1 Å². The summed E-state index contributed by atoms with van der Waals surface area (Å²) in [5.41, 5.74) is 0.625. The Morgan fingerprint density at radius 3 is 2.30 bits per heavy atom. The van der Waals surface area contributed by atoms with E-state index >= 15 is 4.39 Å². The fourth-order valence-corrected chi connectivity index (χ4v) is 6.26. The highest BCUT2D eigenvalue weighted by Crippen LogP contribution is 2.39. The van der Waals surface area contributed by atoms with Crippen molar-refractivity contribution in [3.8, 4) is 11.5 Å². The second-order valence-electron chi connectivity index (χ2n) is 14.3. The molecule has 3 aromatic rings. The number of nitrogens with zero attached hydrogens (tertiary/aromatic N) is 4. The molecule has 0 unspecified atom stereocenters. The van der Waals surface area contributed by atoms with E-state index in [1.54, 1.807) is 38.9 Å². The Bertz CT molecular complexity index is 1610. The zero-order valence-electron chi connectivity index (χ0n) is 28.9. The number of amides is 1. The van der Waals surface area contributed by atoms with Gasteiger partial charge in [0.1, 0.15) is 11.4 Å². The number of aromatic nitrogens is 2. The number of likely N-dealkylation sites (tertiary alicyclic amines) is 1. The first kappa shape index (κ1) is 35.2. The molecule has 1 aliphatic heterocycles. The van der Waals surface area contributed by atoms with Crippen molar-refractivity contribution in [2.45, 2.75) is 84.2 Å². The van der Waals surface area contributed by atoms with Crippen LogP contribution in [0, 0.1) is 5.82 Å². The lowest BCUT2D eigenvalue weighted by molar-refractivity contribution is 0.0187. The van der Waals surface area contributed by atoms with Gasteiger partial charge in [0.15, 0.2) is 19.9 Å². The van der Waals surface area contributed by atoms with Crippen LogP contribution in [-0.2, 0) is 9.16 Å². The molecular weight excluding hydrogens is 607 g/mol. The van der Waals surface area contributed by atoms with Crippen molar-refractivity contribution >= 4 is 36.7 Å². The topological polar surface area (TPSA) is 95.4 Å². The number of hydrogen-bond acceptors (Lipinski definition) is 8. The number of carbonyl (C=O) groups is 1. The summed E-state index contributed by atoms with van der Waals surface area (Å²) >= 11 is 0. The molecule has 0 saturated carbocycles. The number of carbonyl (C=O) groups excluding carboxylic acids is 1. The van der Waals surface area contributed by atoms with Gasteiger partial charge in [-0.1, -0.05) is 20.8 Å². The Balaban J connectivity index is 1.69. The van der Waals surface area contributed by atoms with Crippen LogP contribution in [0.3, 0.4) is 0 Å². The molecule has 0 aliphatic carbocycles. The van der Waals surface area contributed by atoms with E-state index in [4.69, 9.17) is 18.6 Å². The largest absolute Gasteiger partial charge is 0.497 e. The molecule has 1 fully saturated rings. The second-order valence-corrected chi connectivity index (χ2v) is 19.1. The van der Waals surface area contributed by atoms with Crippen LogP contribution in [0.15, 0.2) is 41.5 Å². The van der Waals surface area contributed by atoms with Crippen LogP contribution in [-0.4, -0.2) is 74.9 Å². The number of fused-ring (bicyclic) bond motifs is 1. The van der Waals surface area contributed by atoms with Gasteiger partial charge in [-0.3, -0.25) is 9.36 Å². The predicted molar refractivity (Wildman–Crippen MR) is 182 cm³/mol. The number of hydrogen-bond donors (Lipinski definition) is 0. The van der Waals surface area contributed by atoms with Gasteiger partial charge in [0.25, 0.3) is 5.56 Å². The molecule has 1 saturated heterocycles. The molecule has 2 heterocycles. The minimum Gasteiger partial charge on any atom is -0.497 e. The van der Waals surface area contributed by atoms with Crippen molar-refractivity contribution in [2.75, 3.05) is 45.4 Å². The van der Waals surface area contributed by atoms with E-state index < -0.39 is 19.7 Å². The van der Waals surface area contributed by atoms with Crippen LogP contribution in [0.4, 0.5) is 20.6 Å². The standard InChI is InChI=1S/C34H49FN4O6Si/c1-33(2,3)45-32(41)37-15-13-23(14-16-37)39-22-36-27-12-11-24(19-26(27)31(39)40)38(17-18-44-46(9,10)34(4,5)6)28-20-25(42-7)21-29(43-8)30(28)35/h11-12,19-23H,13-18H2,1-10H3. The van der Waals surface area contributed by atoms with E-state index in [-0.39, 0.29) is 34.2 Å². The third-order valence-electron chi connectivity index (χ3n) is 8.91. The molecule has 0 atom stereocenters. The molecule has 252 valence electrons. The van der Waals surface area contributed by atoms with Crippen molar-refractivity contribution < 1.29 is 27.8 Å². The number of anilines is 2. The summed E-state index contributed by atoms with van der Waals surface area (Å²) in [5, 5.41) is 0.422. The van der Waals surface area contributed by atoms with Gasteiger partial charge in [0.05, 0.1) is 43.7 Å². The van der Waals surface area contributed by atoms with Crippen molar-refractivity contribution in [3.05, 3.63) is 52.8 Å². The molecule has 12 heteroatoms. The third-order valence-corrected chi connectivity index (χ3v) is 13.4. The maximum atomic E-state index is 15.9. The smallest absolute Gasteiger partial charge is 0.410 e. The first-order valence-electron chi connectivity index (χ1n) is 15.8. The zero-order valence-corrected chi connectivity index (χ0v) is 29.9. The fourth-order valence-electron chi connectivity index (χ4n) is 5.22. The van der Waals surface area contributed by atoms with Gasteiger partial charge in [-0.15, -0.1) is 0 Å². The highest BCUT2D eigenvalue weighted by atomic mass is 28.4. The summed E-state index contributed by atoms with van der Waals surface area (Å²) < 4.78 is 40.3. The maximum absolute atomic E-state index is 15.9. The lowest BCUT2D eigenvalue weighted by atomic mass is 10.0. The molecule has 0 radical (unpaired) electrons. The minimum absolute atomic E-state index is 0.00498. The molecule has 0 N–H and O–H groups in total. The van der Waals surface area contributed by atoms with E-state index in [0.29, 0.717) is 61.4 Å². The highest BCUT2D eigenvalue weighted by molar-refractivity contribution is 6.74. The van der Waals surface area contributed by atoms with Gasteiger partial charge < -0.3 is 28.4 Å². The van der Waals surface area contributed by atoms with Crippen LogP contribution in [0.25, 0.3) is 10.9 Å². The first-order valence-corrected chi connectivity index (χ1v) is 18.7. The molecule has 1 aromatic heterocycles. The highest BCUT2D eigenvalue weighted by Gasteiger charge is 2.37. The number of rotatable bonds is 9. The Kier molecular flexibility index (Phi) is 10.4. The Morgan fingerprint density at radius 1 is 1.04 bits per heavy atom.